The number of hydrogen-bond donors (Lipinski definition) is 2. The first-order valence-corrected chi connectivity index (χ1v) is 6.82. The van der Waals surface area contributed by atoms with Gasteiger partial charge in [0.25, 0.3) is 0 Å². The van der Waals surface area contributed by atoms with Gasteiger partial charge in [-0.25, -0.2) is 9.78 Å². The van der Waals surface area contributed by atoms with Gasteiger partial charge in [0.15, 0.2) is 0 Å². The van der Waals surface area contributed by atoms with Gasteiger partial charge in [0, 0.05) is 4.47 Å². The van der Waals surface area contributed by atoms with Crippen molar-refractivity contribution in [2.45, 2.75) is 0 Å². The van der Waals surface area contributed by atoms with Crippen LogP contribution >= 0.6 is 15.9 Å². The highest BCUT2D eigenvalue weighted by molar-refractivity contribution is 9.10. The summed E-state index contributed by atoms with van der Waals surface area (Å²) < 4.78 is 0.610. The molecule has 1 heterocycles. The van der Waals surface area contributed by atoms with Crippen molar-refractivity contribution in [3.63, 3.8) is 0 Å². The number of carboxylic acids is 1. The fourth-order valence-electron chi connectivity index (χ4n) is 1.80. The molecule has 0 aliphatic heterocycles. The van der Waals surface area contributed by atoms with E-state index in [0.717, 1.165) is 5.52 Å². The molecule has 1 aromatic heterocycles. The second-order valence-corrected chi connectivity index (χ2v) is 5.10. The normalized spacial score (nSPS) is 10.5. The summed E-state index contributed by atoms with van der Waals surface area (Å²) in [7, 11) is 0. The van der Waals surface area contributed by atoms with Gasteiger partial charge in [-0.3, -0.25) is 0 Å². The lowest BCUT2D eigenvalue weighted by Gasteiger charge is -2.07. The zero-order valence-corrected chi connectivity index (χ0v) is 12.2. The van der Waals surface area contributed by atoms with Crippen LogP contribution in [0.25, 0.3) is 11.0 Å². The maximum Gasteiger partial charge on any atom is 0.335 e. The zero-order valence-electron chi connectivity index (χ0n) is 10.6. The lowest BCUT2D eigenvalue weighted by atomic mass is 10.2. The maximum atomic E-state index is 10.9. The number of rotatable bonds is 3. The Morgan fingerprint density at radius 1 is 1.10 bits per heavy atom. The van der Waals surface area contributed by atoms with Gasteiger partial charge in [-0.15, -0.1) is 10.2 Å². The first-order valence-electron chi connectivity index (χ1n) is 6.03. The highest BCUT2D eigenvalue weighted by atomic mass is 79.9. The molecule has 0 spiro atoms. The van der Waals surface area contributed by atoms with Crippen LogP contribution < -0.4 is 5.32 Å². The molecule has 2 aromatic carbocycles. The Morgan fingerprint density at radius 2 is 1.86 bits per heavy atom. The van der Waals surface area contributed by atoms with Crippen LogP contribution in [0.4, 0.5) is 11.6 Å². The Hall–Kier alpha value is -2.54. The largest absolute Gasteiger partial charge is 0.478 e. The van der Waals surface area contributed by atoms with Crippen LogP contribution in [0, 0.1) is 0 Å². The molecule has 104 valence electrons. The van der Waals surface area contributed by atoms with E-state index in [1.807, 2.05) is 24.3 Å². The molecule has 0 aliphatic carbocycles. The first kappa shape index (κ1) is 13.4. The van der Waals surface area contributed by atoms with Crippen molar-refractivity contribution in [3.8, 4) is 0 Å². The number of nitrogens with zero attached hydrogens (tertiary/aromatic N) is 3. The Bertz CT molecular complexity index is 838. The number of para-hydroxylation sites is 1. The third kappa shape index (κ3) is 2.82. The number of nitrogens with one attached hydrogen (secondary N) is 1. The SMILES string of the molecule is O=C(O)c1ccc(Nc2nnc3ccccc3n2)c(Br)c1. The third-order valence-corrected chi connectivity index (χ3v) is 3.48. The van der Waals surface area contributed by atoms with E-state index in [-0.39, 0.29) is 5.56 Å². The molecule has 7 heteroatoms. The third-order valence-electron chi connectivity index (χ3n) is 2.82. The van der Waals surface area contributed by atoms with E-state index in [1.165, 1.54) is 12.1 Å². The van der Waals surface area contributed by atoms with Gasteiger partial charge < -0.3 is 10.4 Å². The van der Waals surface area contributed by atoms with Crippen LogP contribution in [0.15, 0.2) is 46.9 Å². The van der Waals surface area contributed by atoms with Gasteiger partial charge in [0.05, 0.1) is 16.8 Å². The van der Waals surface area contributed by atoms with Crippen molar-refractivity contribution < 1.29 is 9.90 Å². The average molecular weight is 345 g/mol. The molecule has 0 radical (unpaired) electrons. The molecular formula is C14H9BrN4O2. The molecule has 21 heavy (non-hydrogen) atoms. The predicted molar refractivity (Wildman–Crippen MR) is 81.7 cm³/mol. The second kappa shape index (κ2) is 5.45. The average Bonchev–Trinajstić information content (AvgIpc) is 2.49. The van der Waals surface area contributed by atoms with E-state index in [4.69, 9.17) is 5.11 Å². The van der Waals surface area contributed by atoms with Crippen molar-refractivity contribution >= 4 is 44.6 Å². The number of aromatic nitrogens is 3. The monoisotopic (exact) mass is 344 g/mol. The van der Waals surface area contributed by atoms with Gasteiger partial charge in [-0.2, -0.15) is 0 Å². The van der Waals surface area contributed by atoms with Crippen molar-refractivity contribution in [1.82, 2.24) is 15.2 Å². The number of fused-ring (bicyclic) bond motifs is 1. The molecule has 0 amide bonds. The van der Waals surface area contributed by atoms with Gasteiger partial charge in [0.1, 0.15) is 5.52 Å². The lowest BCUT2D eigenvalue weighted by molar-refractivity contribution is 0.0697. The number of carbonyl (C=O) groups is 1. The summed E-state index contributed by atoms with van der Waals surface area (Å²) in [5.41, 5.74) is 2.30. The zero-order chi connectivity index (χ0) is 14.8. The number of benzene rings is 2. The minimum absolute atomic E-state index is 0.199. The fraction of sp³-hybridized carbons (Fsp3) is 0. The molecule has 0 bridgehead atoms. The van der Waals surface area contributed by atoms with Crippen molar-refractivity contribution in [1.29, 1.82) is 0 Å². The van der Waals surface area contributed by atoms with E-state index in [9.17, 15) is 4.79 Å². The highest BCUT2D eigenvalue weighted by Crippen LogP contribution is 2.26. The number of anilines is 2. The number of halogens is 1. The number of carboxylic acid groups (broad SMARTS) is 1. The van der Waals surface area contributed by atoms with E-state index in [0.29, 0.717) is 21.6 Å². The topological polar surface area (TPSA) is 88.0 Å². The summed E-state index contributed by atoms with van der Waals surface area (Å²) >= 11 is 3.32. The predicted octanol–water partition coefficient (Wildman–Crippen LogP) is 3.23. The van der Waals surface area contributed by atoms with Crippen LogP contribution in [0.1, 0.15) is 10.4 Å². The summed E-state index contributed by atoms with van der Waals surface area (Å²) in [4.78, 5) is 15.2. The summed E-state index contributed by atoms with van der Waals surface area (Å²) in [6.07, 6.45) is 0. The molecule has 6 nitrogen and oxygen atoms in total. The summed E-state index contributed by atoms with van der Waals surface area (Å²) in [6.45, 7) is 0. The molecular weight excluding hydrogens is 336 g/mol. The minimum Gasteiger partial charge on any atom is -0.478 e. The Balaban J connectivity index is 1.93. The van der Waals surface area contributed by atoms with Crippen LogP contribution in [-0.4, -0.2) is 26.3 Å². The Kier molecular flexibility index (Phi) is 3.49. The Morgan fingerprint density at radius 3 is 2.57 bits per heavy atom. The minimum atomic E-state index is -0.981. The van der Waals surface area contributed by atoms with Gasteiger partial charge in [-0.1, -0.05) is 12.1 Å². The van der Waals surface area contributed by atoms with Crippen LogP contribution in [0.5, 0.6) is 0 Å². The van der Waals surface area contributed by atoms with E-state index in [2.05, 4.69) is 36.4 Å². The fourth-order valence-corrected chi connectivity index (χ4v) is 2.28. The summed E-state index contributed by atoms with van der Waals surface area (Å²) in [6, 6.07) is 12.1. The van der Waals surface area contributed by atoms with E-state index in [1.54, 1.807) is 6.07 Å². The summed E-state index contributed by atoms with van der Waals surface area (Å²) in [5, 5.41) is 20.0. The van der Waals surface area contributed by atoms with E-state index < -0.39 is 5.97 Å². The molecule has 3 rings (SSSR count). The summed E-state index contributed by atoms with van der Waals surface area (Å²) in [5.74, 6) is -0.636. The molecule has 0 fully saturated rings. The molecule has 2 N–H and O–H groups in total. The van der Waals surface area contributed by atoms with Crippen molar-refractivity contribution in [2.75, 3.05) is 5.32 Å². The molecule has 0 atom stereocenters. The van der Waals surface area contributed by atoms with Crippen LogP contribution in [-0.2, 0) is 0 Å². The standard InChI is InChI=1S/C14H9BrN4O2/c15-9-7-8(13(20)21)5-6-10(9)16-14-17-11-3-1-2-4-12(11)18-19-14/h1-7H,(H,20,21)(H,16,17,19). The maximum absolute atomic E-state index is 10.9. The number of hydrogen-bond acceptors (Lipinski definition) is 5. The quantitative estimate of drug-likeness (QED) is 0.758. The molecule has 0 unspecified atom stereocenters. The first-order chi connectivity index (χ1) is 10.1. The van der Waals surface area contributed by atoms with Crippen LogP contribution in [0.3, 0.4) is 0 Å². The van der Waals surface area contributed by atoms with E-state index >= 15 is 0 Å². The molecule has 0 saturated heterocycles. The van der Waals surface area contributed by atoms with Crippen LogP contribution in [0.2, 0.25) is 0 Å². The lowest BCUT2D eigenvalue weighted by Crippen LogP contribution is -2.01. The number of aromatic carboxylic acids is 1. The smallest absolute Gasteiger partial charge is 0.335 e. The van der Waals surface area contributed by atoms with Crippen molar-refractivity contribution in [2.24, 2.45) is 0 Å². The van der Waals surface area contributed by atoms with Crippen molar-refractivity contribution in [3.05, 3.63) is 52.5 Å². The highest BCUT2D eigenvalue weighted by Gasteiger charge is 2.08. The molecule has 0 aliphatic rings. The van der Waals surface area contributed by atoms with Gasteiger partial charge in [-0.05, 0) is 46.3 Å². The van der Waals surface area contributed by atoms with Gasteiger partial charge >= 0.3 is 5.97 Å². The molecule has 0 saturated carbocycles. The van der Waals surface area contributed by atoms with Gasteiger partial charge in [0.2, 0.25) is 5.95 Å². The molecule has 3 aromatic rings. The Labute approximate surface area is 128 Å². The second-order valence-electron chi connectivity index (χ2n) is 4.25.